The molecule has 1 aromatic carbocycles. The van der Waals surface area contributed by atoms with E-state index < -0.39 is 46.6 Å². The van der Waals surface area contributed by atoms with Crippen LogP contribution in [0.25, 0.3) is 0 Å². The van der Waals surface area contributed by atoms with E-state index in [0.717, 1.165) is 0 Å². The zero-order chi connectivity index (χ0) is 16.4. The second-order valence-electron chi connectivity index (χ2n) is 5.48. The van der Waals surface area contributed by atoms with E-state index in [1.807, 2.05) is 5.32 Å². The number of benzene rings is 1. The summed E-state index contributed by atoms with van der Waals surface area (Å²) in [5.41, 5.74) is -1.53. The first-order valence-corrected chi connectivity index (χ1v) is 5.97. The van der Waals surface area contributed by atoms with Gasteiger partial charge in [0.25, 0.3) is 0 Å². The highest BCUT2D eigenvalue weighted by Gasteiger charge is 2.32. The summed E-state index contributed by atoms with van der Waals surface area (Å²) in [7, 11) is 0. The lowest BCUT2D eigenvalue weighted by Crippen LogP contribution is -2.50. The van der Waals surface area contributed by atoms with Gasteiger partial charge in [-0.15, -0.1) is 0 Å². The van der Waals surface area contributed by atoms with Crippen molar-refractivity contribution in [2.24, 2.45) is 5.41 Å². The number of aliphatic carboxylic acids is 1. The van der Waals surface area contributed by atoms with Crippen LogP contribution in [0.4, 0.5) is 23.7 Å². The van der Waals surface area contributed by atoms with Crippen LogP contribution in [0, 0.1) is 22.9 Å². The number of anilines is 1. The van der Waals surface area contributed by atoms with Crippen molar-refractivity contribution in [2.75, 3.05) is 5.32 Å². The number of amides is 2. The minimum absolute atomic E-state index is 0.327. The second kappa shape index (κ2) is 6.02. The maximum Gasteiger partial charge on any atom is 0.326 e. The Bertz CT molecular complexity index is 571. The summed E-state index contributed by atoms with van der Waals surface area (Å²) in [4.78, 5) is 22.7. The Morgan fingerprint density at radius 3 is 2.24 bits per heavy atom. The van der Waals surface area contributed by atoms with Gasteiger partial charge in [0.15, 0.2) is 11.6 Å². The molecule has 8 heteroatoms. The molecule has 0 bridgehead atoms. The highest BCUT2D eigenvalue weighted by molar-refractivity contribution is 5.92. The fourth-order valence-electron chi connectivity index (χ4n) is 1.59. The van der Waals surface area contributed by atoms with Crippen molar-refractivity contribution in [2.45, 2.75) is 26.8 Å². The average molecular weight is 304 g/mol. The molecule has 0 saturated carbocycles. The monoisotopic (exact) mass is 304 g/mol. The molecule has 5 nitrogen and oxygen atoms in total. The van der Waals surface area contributed by atoms with Gasteiger partial charge in [0, 0.05) is 12.1 Å². The van der Waals surface area contributed by atoms with Crippen LogP contribution < -0.4 is 10.6 Å². The van der Waals surface area contributed by atoms with Gasteiger partial charge in [-0.05, 0) is 5.41 Å². The first kappa shape index (κ1) is 16.8. The minimum atomic E-state index is -1.46. The van der Waals surface area contributed by atoms with Crippen molar-refractivity contribution in [3.05, 3.63) is 29.6 Å². The largest absolute Gasteiger partial charge is 0.480 e. The lowest BCUT2D eigenvalue weighted by atomic mass is 9.87. The molecule has 0 aliphatic carbocycles. The van der Waals surface area contributed by atoms with Gasteiger partial charge in [-0.25, -0.2) is 22.8 Å². The molecule has 0 radical (unpaired) electrons. The molecule has 2 amide bonds. The molecule has 1 atom stereocenters. The molecule has 3 N–H and O–H groups in total. The van der Waals surface area contributed by atoms with Crippen molar-refractivity contribution >= 4 is 17.7 Å². The van der Waals surface area contributed by atoms with E-state index in [0.29, 0.717) is 12.1 Å². The van der Waals surface area contributed by atoms with Crippen molar-refractivity contribution < 1.29 is 27.9 Å². The molecule has 0 fully saturated rings. The first-order valence-electron chi connectivity index (χ1n) is 5.97. The number of carboxylic acid groups (broad SMARTS) is 1. The number of nitrogens with one attached hydrogen (secondary N) is 2. The van der Waals surface area contributed by atoms with Gasteiger partial charge in [-0.3, -0.25) is 0 Å². The number of urea groups is 1. The van der Waals surface area contributed by atoms with E-state index in [9.17, 15) is 22.8 Å². The van der Waals surface area contributed by atoms with Gasteiger partial charge in [-0.1, -0.05) is 20.8 Å². The summed E-state index contributed by atoms with van der Waals surface area (Å²) in [5.74, 6) is -5.26. The number of hydrogen-bond donors (Lipinski definition) is 3. The van der Waals surface area contributed by atoms with Gasteiger partial charge >= 0.3 is 12.0 Å². The normalized spacial score (nSPS) is 12.7. The van der Waals surface area contributed by atoms with Gasteiger partial charge in [0.1, 0.15) is 11.9 Å². The van der Waals surface area contributed by atoms with E-state index in [4.69, 9.17) is 5.11 Å². The molecule has 116 valence electrons. The molecule has 1 rings (SSSR count). The Balaban J connectivity index is 2.90. The summed E-state index contributed by atoms with van der Waals surface area (Å²) in [6.45, 7) is 4.73. The van der Waals surface area contributed by atoms with Crippen LogP contribution >= 0.6 is 0 Å². The molecule has 0 aliphatic heterocycles. The van der Waals surface area contributed by atoms with Crippen LogP contribution in [0.1, 0.15) is 20.8 Å². The highest BCUT2D eigenvalue weighted by Crippen LogP contribution is 2.21. The van der Waals surface area contributed by atoms with Crippen LogP contribution in [0.15, 0.2) is 12.1 Å². The molecule has 0 aliphatic rings. The summed E-state index contributed by atoms with van der Waals surface area (Å²) in [5, 5.41) is 13.0. The Hall–Kier alpha value is -2.25. The van der Waals surface area contributed by atoms with Crippen LogP contribution in [-0.2, 0) is 4.79 Å². The van der Waals surface area contributed by atoms with Gasteiger partial charge < -0.3 is 15.7 Å². The molecule has 0 spiro atoms. The smallest absolute Gasteiger partial charge is 0.326 e. The zero-order valence-corrected chi connectivity index (χ0v) is 11.6. The van der Waals surface area contributed by atoms with Crippen molar-refractivity contribution in [1.82, 2.24) is 5.32 Å². The highest BCUT2D eigenvalue weighted by atomic mass is 19.2. The Kier molecular flexibility index (Phi) is 4.82. The van der Waals surface area contributed by atoms with Crippen LogP contribution in [0.3, 0.4) is 0 Å². The fourth-order valence-corrected chi connectivity index (χ4v) is 1.59. The van der Waals surface area contributed by atoms with E-state index in [1.165, 1.54) is 0 Å². The maximum atomic E-state index is 13.4. The fraction of sp³-hybridized carbons (Fsp3) is 0.385. The average Bonchev–Trinajstić information content (AvgIpc) is 2.30. The van der Waals surface area contributed by atoms with Crippen LogP contribution in [0.5, 0.6) is 0 Å². The third-order valence-electron chi connectivity index (χ3n) is 2.63. The number of carbonyl (C=O) groups is 2. The molecule has 21 heavy (non-hydrogen) atoms. The first-order chi connectivity index (χ1) is 9.52. The summed E-state index contributed by atoms with van der Waals surface area (Å²) >= 11 is 0. The lowest BCUT2D eigenvalue weighted by molar-refractivity contribution is -0.141. The van der Waals surface area contributed by atoms with Crippen LogP contribution in [-0.4, -0.2) is 23.1 Å². The molecule has 0 unspecified atom stereocenters. The Morgan fingerprint density at radius 2 is 1.76 bits per heavy atom. The SMILES string of the molecule is CC(C)(C)[C@@H](NC(=O)Nc1cc(F)cc(F)c1F)C(=O)O. The number of rotatable bonds is 3. The van der Waals surface area contributed by atoms with Gasteiger partial charge in [0.2, 0.25) is 0 Å². The number of halogens is 3. The summed E-state index contributed by atoms with van der Waals surface area (Å²) in [6.07, 6.45) is 0. The predicted octanol–water partition coefficient (Wildman–Crippen LogP) is 2.72. The van der Waals surface area contributed by atoms with E-state index in [-0.39, 0.29) is 0 Å². The van der Waals surface area contributed by atoms with E-state index >= 15 is 0 Å². The maximum absolute atomic E-state index is 13.4. The molecule has 0 saturated heterocycles. The van der Waals surface area contributed by atoms with Crippen LogP contribution in [0.2, 0.25) is 0 Å². The van der Waals surface area contributed by atoms with E-state index in [1.54, 1.807) is 20.8 Å². The lowest BCUT2D eigenvalue weighted by Gasteiger charge is -2.27. The molecule has 0 aromatic heterocycles. The minimum Gasteiger partial charge on any atom is -0.480 e. The topological polar surface area (TPSA) is 78.4 Å². The zero-order valence-electron chi connectivity index (χ0n) is 11.6. The van der Waals surface area contributed by atoms with Crippen molar-refractivity contribution in [3.8, 4) is 0 Å². The quantitative estimate of drug-likeness (QED) is 0.751. The third-order valence-corrected chi connectivity index (χ3v) is 2.63. The molecule has 0 heterocycles. The number of carboxylic acids is 1. The Labute approximate surface area is 119 Å². The number of carbonyl (C=O) groups excluding carboxylic acids is 1. The van der Waals surface area contributed by atoms with Gasteiger partial charge in [0.05, 0.1) is 5.69 Å². The van der Waals surface area contributed by atoms with Gasteiger partial charge in [-0.2, -0.15) is 0 Å². The molecular formula is C13H15F3N2O3. The third kappa shape index (κ3) is 4.37. The standard InChI is InChI=1S/C13H15F3N2O3/c1-13(2,3)10(11(19)20)18-12(21)17-8-5-6(14)4-7(15)9(8)16/h4-5,10H,1-3H3,(H,19,20)(H2,17,18,21)/t10-/m0/s1. The van der Waals surface area contributed by atoms with Crippen molar-refractivity contribution in [3.63, 3.8) is 0 Å². The summed E-state index contributed by atoms with van der Waals surface area (Å²) < 4.78 is 39.3. The Morgan fingerprint density at radius 1 is 1.19 bits per heavy atom. The van der Waals surface area contributed by atoms with Crippen molar-refractivity contribution in [1.29, 1.82) is 0 Å². The van der Waals surface area contributed by atoms with E-state index in [2.05, 4.69) is 5.32 Å². The predicted molar refractivity (Wildman–Crippen MR) is 69.3 cm³/mol. The molecule has 1 aromatic rings. The molecular weight excluding hydrogens is 289 g/mol. The number of hydrogen-bond acceptors (Lipinski definition) is 2. The summed E-state index contributed by atoms with van der Waals surface area (Å²) in [6, 6.07) is -1.43. The second-order valence-corrected chi connectivity index (χ2v) is 5.48.